The molecule has 6 heteroatoms. The van der Waals surface area contributed by atoms with Gasteiger partial charge in [0.05, 0.1) is 6.54 Å². The smallest absolute Gasteiger partial charge is 0.228 e. The fourth-order valence-electron chi connectivity index (χ4n) is 3.83. The lowest BCUT2D eigenvalue weighted by atomic mass is 9.96. The summed E-state index contributed by atoms with van der Waals surface area (Å²) in [5.74, 6) is 1.50. The maximum Gasteiger partial charge on any atom is 0.228 e. The topological polar surface area (TPSA) is 58.1 Å². The van der Waals surface area contributed by atoms with Crippen molar-refractivity contribution < 1.29 is 9.18 Å². The quantitative estimate of drug-likeness (QED) is 0.921. The number of piperidine rings is 1. The number of nitrogens with zero attached hydrogens (tertiary/aromatic N) is 3. The zero-order valence-electron chi connectivity index (χ0n) is 15.0. The van der Waals surface area contributed by atoms with Gasteiger partial charge in [0.2, 0.25) is 5.91 Å². The molecule has 1 N–H and O–H groups in total. The average Bonchev–Trinajstić information content (AvgIpc) is 2.66. The van der Waals surface area contributed by atoms with Gasteiger partial charge in [0.15, 0.2) is 0 Å². The fourth-order valence-corrected chi connectivity index (χ4v) is 3.83. The highest BCUT2D eigenvalue weighted by molar-refractivity contribution is 5.95. The van der Waals surface area contributed by atoms with Crippen molar-refractivity contribution in [1.29, 1.82) is 0 Å². The number of carbonyl (C=O) groups excluding carboxylic acids is 1. The molecule has 0 saturated carbocycles. The monoisotopic (exact) mass is 354 g/mol. The van der Waals surface area contributed by atoms with Crippen molar-refractivity contribution in [1.82, 2.24) is 15.3 Å². The third kappa shape index (κ3) is 3.21. The first kappa shape index (κ1) is 17.1. The highest BCUT2D eigenvalue weighted by atomic mass is 19.1. The van der Waals surface area contributed by atoms with E-state index in [0.29, 0.717) is 30.1 Å². The van der Waals surface area contributed by atoms with E-state index in [2.05, 4.69) is 5.32 Å². The highest BCUT2D eigenvalue weighted by Gasteiger charge is 2.30. The van der Waals surface area contributed by atoms with Gasteiger partial charge in [0, 0.05) is 29.2 Å². The van der Waals surface area contributed by atoms with Crippen molar-refractivity contribution in [3.05, 3.63) is 52.7 Å². The number of amides is 1. The Kier molecular flexibility index (Phi) is 4.68. The molecule has 2 aromatic rings. The SMILES string of the molecule is Cc1nc(C2CCNCC2)nc2c1CCC(=O)N2Cc1ccccc1F. The second-order valence-electron chi connectivity index (χ2n) is 7.06. The minimum atomic E-state index is -0.295. The molecule has 3 heterocycles. The lowest BCUT2D eigenvalue weighted by Gasteiger charge is -2.31. The number of anilines is 1. The summed E-state index contributed by atoms with van der Waals surface area (Å²) in [6, 6.07) is 6.60. The Balaban J connectivity index is 1.72. The maximum absolute atomic E-state index is 14.1. The molecular formula is C20H23FN4O. The summed E-state index contributed by atoms with van der Waals surface area (Å²) in [5.41, 5.74) is 2.46. The minimum Gasteiger partial charge on any atom is -0.317 e. The Morgan fingerprint density at radius 3 is 2.73 bits per heavy atom. The number of halogens is 1. The van der Waals surface area contributed by atoms with Crippen LogP contribution in [0.2, 0.25) is 0 Å². The molecule has 1 amide bonds. The summed E-state index contributed by atoms with van der Waals surface area (Å²) in [5, 5.41) is 3.35. The van der Waals surface area contributed by atoms with E-state index in [1.54, 1.807) is 23.1 Å². The van der Waals surface area contributed by atoms with Gasteiger partial charge >= 0.3 is 0 Å². The van der Waals surface area contributed by atoms with Crippen molar-refractivity contribution in [3.8, 4) is 0 Å². The van der Waals surface area contributed by atoms with Crippen LogP contribution < -0.4 is 10.2 Å². The molecule has 0 spiro atoms. The molecule has 5 nitrogen and oxygen atoms in total. The summed E-state index contributed by atoms with van der Waals surface area (Å²) >= 11 is 0. The largest absolute Gasteiger partial charge is 0.317 e. The van der Waals surface area contributed by atoms with Crippen LogP contribution in [0.4, 0.5) is 10.2 Å². The molecule has 0 aliphatic carbocycles. The van der Waals surface area contributed by atoms with Crippen LogP contribution in [0.5, 0.6) is 0 Å². The number of rotatable bonds is 3. The predicted molar refractivity (Wildman–Crippen MR) is 97.5 cm³/mol. The molecule has 0 bridgehead atoms. The summed E-state index contributed by atoms with van der Waals surface area (Å²) in [7, 11) is 0. The summed E-state index contributed by atoms with van der Waals surface area (Å²) in [6.07, 6.45) is 3.07. The predicted octanol–water partition coefficient (Wildman–Crippen LogP) is 2.87. The van der Waals surface area contributed by atoms with Gasteiger partial charge in [-0.15, -0.1) is 0 Å². The van der Waals surface area contributed by atoms with Gasteiger partial charge in [-0.1, -0.05) is 18.2 Å². The van der Waals surface area contributed by atoms with Gasteiger partial charge in [-0.2, -0.15) is 0 Å². The molecule has 2 aliphatic rings. The van der Waals surface area contributed by atoms with E-state index in [9.17, 15) is 9.18 Å². The molecule has 0 atom stereocenters. The molecule has 2 aliphatic heterocycles. The van der Waals surface area contributed by atoms with E-state index in [-0.39, 0.29) is 18.3 Å². The second kappa shape index (κ2) is 7.11. The Morgan fingerprint density at radius 2 is 1.96 bits per heavy atom. The minimum absolute atomic E-state index is 0.00452. The van der Waals surface area contributed by atoms with Crippen LogP contribution in [0.15, 0.2) is 24.3 Å². The molecule has 0 radical (unpaired) electrons. The number of nitrogens with one attached hydrogen (secondary N) is 1. The first-order valence-corrected chi connectivity index (χ1v) is 9.25. The van der Waals surface area contributed by atoms with Crippen LogP contribution in [0.3, 0.4) is 0 Å². The van der Waals surface area contributed by atoms with Crippen molar-refractivity contribution in [3.63, 3.8) is 0 Å². The summed E-state index contributed by atoms with van der Waals surface area (Å²) in [6.45, 7) is 4.12. The Hall–Kier alpha value is -2.34. The first-order chi connectivity index (χ1) is 12.6. The lowest BCUT2D eigenvalue weighted by Crippen LogP contribution is -2.37. The third-order valence-corrected chi connectivity index (χ3v) is 5.35. The van der Waals surface area contributed by atoms with Crippen molar-refractivity contribution in [2.45, 2.75) is 45.1 Å². The van der Waals surface area contributed by atoms with Gasteiger partial charge in [-0.25, -0.2) is 14.4 Å². The van der Waals surface area contributed by atoms with E-state index in [0.717, 1.165) is 43.0 Å². The van der Waals surface area contributed by atoms with Crippen LogP contribution in [0.1, 0.15) is 47.8 Å². The maximum atomic E-state index is 14.1. The zero-order chi connectivity index (χ0) is 18.1. The zero-order valence-corrected chi connectivity index (χ0v) is 15.0. The molecule has 1 fully saturated rings. The van der Waals surface area contributed by atoms with Gasteiger partial charge < -0.3 is 5.32 Å². The number of benzene rings is 1. The van der Waals surface area contributed by atoms with E-state index in [1.165, 1.54) is 6.07 Å². The van der Waals surface area contributed by atoms with Crippen LogP contribution in [-0.2, 0) is 17.8 Å². The summed E-state index contributed by atoms with van der Waals surface area (Å²) < 4.78 is 14.1. The highest BCUT2D eigenvalue weighted by Crippen LogP contribution is 2.32. The standard InChI is InChI=1S/C20H23FN4O/c1-13-16-6-7-18(26)25(12-15-4-2-3-5-17(15)21)20(16)24-19(23-13)14-8-10-22-11-9-14/h2-5,14,22H,6-12H2,1H3. The van der Waals surface area contributed by atoms with Gasteiger partial charge in [-0.3, -0.25) is 9.69 Å². The molecule has 1 saturated heterocycles. The van der Waals surface area contributed by atoms with Crippen LogP contribution >= 0.6 is 0 Å². The van der Waals surface area contributed by atoms with E-state index < -0.39 is 0 Å². The molecule has 0 unspecified atom stereocenters. The number of hydrogen-bond acceptors (Lipinski definition) is 4. The Morgan fingerprint density at radius 1 is 1.19 bits per heavy atom. The lowest BCUT2D eigenvalue weighted by molar-refractivity contribution is -0.119. The number of fused-ring (bicyclic) bond motifs is 1. The Labute approximate surface area is 152 Å². The number of hydrogen-bond donors (Lipinski definition) is 1. The average molecular weight is 354 g/mol. The van der Waals surface area contributed by atoms with Gasteiger partial charge in [-0.05, 0) is 45.3 Å². The summed E-state index contributed by atoms with van der Waals surface area (Å²) in [4.78, 5) is 23.8. The number of carbonyl (C=O) groups is 1. The number of aromatic nitrogens is 2. The molecule has 136 valence electrons. The van der Waals surface area contributed by atoms with Gasteiger partial charge in [0.1, 0.15) is 17.5 Å². The van der Waals surface area contributed by atoms with Crippen LogP contribution in [-0.4, -0.2) is 29.0 Å². The van der Waals surface area contributed by atoms with Crippen molar-refractivity contribution in [2.75, 3.05) is 18.0 Å². The molecule has 1 aromatic heterocycles. The first-order valence-electron chi connectivity index (χ1n) is 9.25. The van der Waals surface area contributed by atoms with Crippen molar-refractivity contribution >= 4 is 11.7 Å². The third-order valence-electron chi connectivity index (χ3n) is 5.35. The fraction of sp³-hybridized carbons (Fsp3) is 0.450. The normalized spacial score (nSPS) is 18.1. The van der Waals surface area contributed by atoms with Crippen LogP contribution in [0, 0.1) is 12.7 Å². The second-order valence-corrected chi connectivity index (χ2v) is 7.06. The molecule has 26 heavy (non-hydrogen) atoms. The van der Waals surface area contributed by atoms with E-state index in [1.807, 2.05) is 6.92 Å². The van der Waals surface area contributed by atoms with Crippen molar-refractivity contribution in [2.24, 2.45) is 0 Å². The number of aryl methyl sites for hydroxylation is 1. The molecular weight excluding hydrogens is 331 g/mol. The molecule has 1 aromatic carbocycles. The van der Waals surface area contributed by atoms with E-state index in [4.69, 9.17) is 9.97 Å². The Bertz CT molecular complexity index is 833. The van der Waals surface area contributed by atoms with Gasteiger partial charge in [0.25, 0.3) is 0 Å². The van der Waals surface area contributed by atoms with Crippen LogP contribution in [0.25, 0.3) is 0 Å². The van der Waals surface area contributed by atoms with E-state index >= 15 is 0 Å². The molecule has 4 rings (SSSR count).